The highest BCUT2D eigenvalue weighted by Gasteiger charge is 2.08. The zero-order valence-electron chi connectivity index (χ0n) is 10.7. The number of hydrogen-bond acceptors (Lipinski definition) is 3. The van der Waals surface area contributed by atoms with E-state index >= 15 is 0 Å². The number of nitrogens with two attached hydrogens (primary N) is 1. The van der Waals surface area contributed by atoms with E-state index in [0.717, 1.165) is 28.2 Å². The predicted octanol–water partition coefficient (Wildman–Crippen LogP) is 2.41. The van der Waals surface area contributed by atoms with Crippen molar-refractivity contribution in [2.75, 3.05) is 5.32 Å². The van der Waals surface area contributed by atoms with Crippen LogP contribution < -0.4 is 11.1 Å². The third-order valence-corrected chi connectivity index (χ3v) is 2.94. The molecule has 94 valence electrons. The molecule has 2 aromatic rings. The van der Waals surface area contributed by atoms with E-state index < -0.39 is 0 Å². The molecule has 0 radical (unpaired) electrons. The maximum absolute atomic E-state index is 5.75. The number of aromatic nitrogens is 2. The van der Waals surface area contributed by atoms with Crippen molar-refractivity contribution in [3.05, 3.63) is 41.2 Å². The molecule has 0 atom stereocenters. The maximum Gasteiger partial charge on any atom is 0.106 e. The van der Waals surface area contributed by atoms with Crippen molar-refractivity contribution in [1.82, 2.24) is 9.78 Å². The molecule has 0 bridgehead atoms. The first-order valence-corrected chi connectivity index (χ1v) is 6.06. The fraction of sp³-hybridized carbons (Fsp3) is 0.231. The van der Waals surface area contributed by atoms with E-state index in [1.165, 1.54) is 0 Å². The highest BCUT2D eigenvalue weighted by atomic mass is 32.1. The Morgan fingerprint density at radius 3 is 2.61 bits per heavy atom. The van der Waals surface area contributed by atoms with Crippen LogP contribution in [0.2, 0.25) is 0 Å². The van der Waals surface area contributed by atoms with Crippen molar-refractivity contribution in [3.63, 3.8) is 0 Å². The van der Waals surface area contributed by atoms with Crippen LogP contribution in [-0.2, 0) is 7.05 Å². The number of rotatable bonds is 3. The molecule has 0 aliphatic heterocycles. The van der Waals surface area contributed by atoms with Gasteiger partial charge in [0, 0.05) is 24.5 Å². The molecule has 0 spiro atoms. The molecule has 0 saturated carbocycles. The van der Waals surface area contributed by atoms with Gasteiger partial charge in [-0.1, -0.05) is 23.8 Å². The Morgan fingerprint density at radius 1 is 1.33 bits per heavy atom. The molecule has 0 amide bonds. The van der Waals surface area contributed by atoms with Gasteiger partial charge in [0.15, 0.2) is 0 Å². The molecule has 0 saturated heterocycles. The Kier molecular flexibility index (Phi) is 3.34. The van der Waals surface area contributed by atoms with Crippen LogP contribution >= 0.6 is 12.2 Å². The van der Waals surface area contributed by atoms with E-state index in [4.69, 9.17) is 18.0 Å². The summed E-state index contributed by atoms with van der Waals surface area (Å²) in [5.74, 6) is 0. The molecule has 0 unspecified atom stereocenters. The second-order valence-electron chi connectivity index (χ2n) is 4.34. The quantitative estimate of drug-likeness (QED) is 0.832. The van der Waals surface area contributed by atoms with Gasteiger partial charge in [-0.2, -0.15) is 5.10 Å². The molecule has 3 N–H and O–H groups in total. The summed E-state index contributed by atoms with van der Waals surface area (Å²) < 4.78 is 1.77. The number of benzene rings is 1. The first kappa shape index (κ1) is 12.6. The van der Waals surface area contributed by atoms with Gasteiger partial charge in [0.25, 0.3) is 0 Å². The fourth-order valence-electron chi connectivity index (χ4n) is 1.84. The normalized spacial score (nSPS) is 10.4. The third kappa shape index (κ3) is 2.51. The summed E-state index contributed by atoms with van der Waals surface area (Å²) in [6.07, 6.45) is 1.93. The zero-order chi connectivity index (χ0) is 13.3. The second-order valence-corrected chi connectivity index (χ2v) is 4.78. The number of hydrogen-bond donors (Lipinski definition) is 2. The van der Waals surface area contributed by atoms with Gasteiger partial charge in [-0.05, 0) is 26.0 Å². The Balaban J connectivity index is 2.40. The molecule has 1 aromatic heterocycles. The van der Waals surface area contributed by atoms with E-state index in [0.29, 0.717) is 4.99 Å². The number of aryl methyl sites for hydroxylation is 3. The minimum atomic E-state index is 0.391. The number of anilines is 2. The van der Waals surface area contributed by atoms with E-state index in [2.05, 4.69) is 10.4 Å². The van der Waals surface area contributed by atoms with Crippen LogP contribution in [0.5, 0.6) is 0 Å². The standard InChI is InChI=1S/C13H16N4S/c1-8-4-5-11(10(6-8)13(14)18)15-12-7-17(3)16-9(12)2/h4-7,15H,1-3H3,(H2,14,18). The van der Waals surface area contributed by atoms with Crippen LogP contribution in [0.15, 0.2) is 24.4 Å². The minimum absolute atomic E-state index is 0.391. The summed E-state index contributed by atoms with van der Waals surface area (Å²) in [4.78, 5) is 0.391. The SMILES string of the molecule is Cc1ccc(Nc2cn(C)nc2C)c(C(N)=S)c1. The van der Waals surface area contributed by atoms with Gasteiger partial charge in [-0.15, -0.1) is 0 Å². The predicted molar refractivity (Wildman–Crippen MR) is 78.3 cm³/mol. The molecule has 18 heavy (non-hydrogen) atoms. The van der Waals surface area contributed by atoms with Gasteiger partial charge in [0.1, 0.15) is 4.99 Å². The first-order valence-electron chi connectivity index (χ1n) is 5.65. The highest BCUT2D eigenvalue weighted by molar-refractivity contribution is 7.80. The van der Waals surface area contributed by atoms with Gasteiger partial charge in [-0.3, -0.25) is 4.68 Å². The fourth-order valence-corrected chi connectivity index (χ4v) is 2.01. The molecule has 2 rings (SSSR count). The lowest BCUT2D eigenvalue weighted by atomic mass is 10.1. The molecule has 1 aromatic carbocycles. The van der Waals surface area contributed by atoms with E-state index in [-0.39, 0.29) is 0 Å². The molecular formula is C13H16N4S. The van der Waals surface area contributed by atoms with Crippen molar-refractivity contribution in [2.45, 2.75) is 13.8 Å². The van der Waals surface area contributed by atoms with E-state index in [1.807, 2.05) is 45.3 Å². The van der Waals surface area contributed by atoms with Crippen LogP contribution in [0.3, 0.4) is 0 Å². The summed E-state index contributed by atoms with van der Waals surface area (Å²) in [7, 11) is 1.89. The van der Waals surface area contributed by atoms with Gasteiger partial charge in [0.2, 0.25) is 0 Å². The maximum atomic E-state index is 5.75. The van der Waals surface area contributed by atoms with Crippen LogP contribution in [0.25, 0.3) is 0 Å². The third-order valence-electron chi connectivity index (χ3n) is 2.72. The molecule has 0 aliphatic rings. The molecule has 4 nitrogen and oxygen atoms in total. The molecule has 0 aliphatic carbocycles. The lowest BCUT2D eigenvalue weighted by Gasteiger charge is -2.11. The van der Waals surface area contributed by atoms with Crippen molar-refractivity contribution in [1.29, 1.82) is 0 Å². The zero-order valence-corrected chi connectivity index (χ0v) is 11.5. The lowest BCUT2D eigenvalue weighted by molar-refractivity contribution is 0.756. The monoisotopic (exact) mass is 260 g/mol. The topological polar surface area (TPSA) is 55.9 Å². The number of nitrogens with zero attached hydrogens (tertiary/aromatic N) is 2. The van der Waals surface area contributed by atoms with Crippen molar-refractivity contribution < 1.29 is 0 Å². The van der Waals surface area contributed by atoms with E-state index in [1.54, 1.807) is 4.68 Å². The molecular weight excluding hydrogens is 244 g/mol. The summed E-state index contributed by atoms with van der Waals surface area (Å²) in [6.45, 7) is 3.97. The molecule has 0 fully saturated rings. The van der Waals surface area contributed by atoms with Crippen LogP contribution in [-0.4, -0.2) is 14.8 Å². The Bertz CT molecular complexity index is 601. The van der Waals surface area contributed by atoms with Crippen LogP contribution in [0.4, 0.5) is 11.4 Å². The smallest absolute Gasteiger partial charge is 0.106 e. The van der Waals surface area contributed by atoms with Gasteiger partial charge < -0.3 is 11.1 Å². The largest absolute Gasteiger partial charge is 0.389 e. The summed E-state index contributed by atoms with van der Waals surface area (Å²) in [6, 6.07) is 5.99. The van der Waals surface area contributed by atoms with Crippen molar-refractivity contribution >= 4 is 28.6 Å². The van der Waals surface area contributed by atoms with Gasteiger partial charge >= 0.3 is 0 Å². The summed E-state index contributed by atoms with van der Waals surface area (Å²) >= 11 is 5.08. The summed E-state index contributed by atoms with van der Waals surface area (Å²) in [5.41, 5.74) is 10.5. The average Bonchev–Trinajstić information content (AvgIpc) is 2.60. The molecule has 1 heterocycles. The van der Waals surface area contributed by atoms with Gasteiger partial charge in [0.05, 0.1) is 11.4 Å². The molecule has 5 heteroatoms. The van der Waals surface area contributed by atoms with E-state index in [9.17, 15) is 0 Å². The van der Waals surface area contributed by atoms with Crippen molar-refractivity contribution in [3.8, 4) is 0 Å². The number of thiocarbonyl (C=S) groups is 1. The highest BCUT2D eigenvalue weighted by Crippen LogP contribution is 2.23. The minimum Gasteiger partial charge on any atom is -0.389 e. The van der Waals surface area contributed by atoms with Crippen LogP contribution in [0.1, 0.15) is 16.8 Å². The van der Waals surface area contributed by atoms with Gasteiger partial charge in [-0.25, -0.2) is 0 Å². The Hall–Kier alpha value is -1.88. The van der Waals surface area contributed by atoms with Crippen molar-refractivity contribution in [2.24, 2.45) is 12.8 Å². The Morgan fingerprint density at radius 2 is 2.06 bits per heavy atom. The number of nitrogens with one attached hydrogen (secondary N) is 1. The summed E-state index contributed by atoms with van der Waals surface area (Å²) in [5, 5.41) is 7.61. The first-order chi connectivity index (χ1) is 8.47. The Labute approximate surface area is 112 Å². The average molecular weight is 260 g/mol. The second kappa shape index (κ2) is 4.78. The lowest BCUT2D eigenvalue weighted by Crippen LogP contribution is -2.12. The van der Waals surface area contributed by atoms with Crippen LogP contribution in [0, 0.1) is 13.8 Å².